The minimum atomic E-state index is -1.12. The summed E-state index contributed by atoms with van der Waals surface area (Å²) in [5, 5.41) is 1.47. The molecule has 7 nitrogen and oxygen atoms in total. The highest BCUT2D eigenvalue weighted by Gasteiger charge is 2.60. The van der Waals surface area contributed by atoms with Gasteiger partial charge in [-0.3, -0.25) is 19.3 Å². The lowest BCUT2D eigenvalue weighted by atomic mass is 9.82. The molecule has 5 unspecified atom stereocenters. The number of imide groups is 1. The van der Waals surface area contributed by atoms with Crippen LogP contribution in [0.2, 0.25) is 10.0 Å². The Hall–Kier alpha value is -4.04. The quantitative estimate of drug-likeness (QED) is 0.0609. The number of aromatic nitrogens is 1. The Morgan fingerprint density at radius 1 is 0.957 bits per heavy atom. The minimum Gasteiger partial charge on any atom is -0.450 e. The van der Waals surface area contributed by atoms with E-state index in [-0.39, 0.29) is 53.4 Å². The number of anilines is 1. The maximum Gasteiger partial charge on any atom is 0.339 e. The van der Waals surface area contributed by atoms with E-state index in [9.17, 15) is 19.2 Å². The van der Waals surface area contributed by atoms with E-state index in [4.69, 9.17) is 44.5 Å². The van der Waals surface area contributed by atoms with Gasteiger partial charge in [0.05, 0.1) is 34.3 Å². The molecule has 47 heavy (non-hydrogen) atoms. The first kappa shape index (κ1) is 31.6. The number of hydrogen-bond donors (Lipinski definition) is 0. The van der Waals surface area contributed by atoms with Crippen molar-refractivity contribution in [2.45, 2.75) is 32.8 Å². The third-order valence-electron chi connectivity index (χ3n) is 9.73. The lowest BCUT2D eigenvalue weighted by Gasteiger charge is -2.19. The van der Waals surface area contributed by atoms with Crippen molar-refractivity contribution in [1.82, 2.24) is 4.98 Å². The van der Waals surface area contributed by atoms with Crippen molar-refractivity contribution in [3.8, 4) is 11.3 Å². The zero-order chi connectivity index (χ0) is 33.1. The van der Waals surface area contributed by atoms with Crippen molar-refractivity contribution in [3.05, 3.63) is 105 Å². The van der Waals surface area contributed by atoms with E-state index in [0.717, 1.165) is 6.42 Å². The van der Waals surface area contributed by atoms with Crippen LogP contribution in [0.4, 0.5) is 5.69 Å². The van der Waals surface area contributed by atoms with Gasteiger partial charge in [-0.1, -0.05) is 53.1 Å². The molecule has 2 amide bonds. The normalized spacial score (nSPS) is 22.1. The number of halogens is 3. The fourth-order valence-electron chi connectivity index (χ4n) is 7.37. The van der Waals surface area contributed by atoms with Gasteiger partial charge in [-0.05, 0) is 86.2 Å². The van der Waals surface area contributed by atoms with Crippen LogP contribution in [0.25, 0.3) is 22.2 Å². The molecule has 1 aliphatic heterocycles. The molecule has 238 valence electrons. The Labute approximate surface area is 286 Å². The Kier molecular flexibility index (Phi) is 8.19. The Morgan fingerprint density at radius 2 is 1.66 bits per heavy atom. The predicted octanol–water partition coefficient (Wildman–Crippen LogP) is 8.26. The number of pyridine rings is 1. The van der Waals surface area contributed by atoms with E-state index < -0.39 is 17.9 Å². The summed E-state index contributed by atoms with van der Waals surface area (Å²) in [7, 11) is 0. The molecule has 10 heteroatoms. The van der Waals surface area contributed by atoms with Gasteiger partial charge in [0.25, 0.3) is 0 Å². The number of carbonyl (C=O) groups excluding carboxylic acids is 4. The molecule has 2 heterocycles. The molecule has 3 aliphatic rings. The molecule has 0 radical (unpaired) electrons. The predicted molar refractivity (Wildman–Crippen MR) is 182 cm³/mol. The summed E-state index contributed by atoms with van der Waals surface area (Å²) in [5.74, 6) is -1.65. The summed E-state index contributed by atoms with van der Waals surface area (Å²) < 4.78 is 5.82. The second-order valence-electron chi connectivity index (χ2n) is 12.4. The van der Waals surface area contributed by atoms with Crippen LogP contribution in [-0.2, 0) is 14.3 Å². The molecular formula is C37H29Cl3N2O5. The molecule has 2 bridgehead atoms. The average Bonchev–Trinajstić information content (AvgIpc) is 3.71. The number of allylic oxidation sites excluding steroid dienone is 2. The molecule has 5 atom stereocenters. The van der Waals surface area contributed by atoms with E-state index in [1.54, 1.807) is 66.7 Å². The Morgan fingerprint density at radius 3 is 2.36 bits per heavy atom. The smallest absolute Gasteiger partial charge is 0.339 e. The van der Waals surface area contributed by atoms with Crippen LogP contribution in [0, 0.1) is 30.6 Å². The summed E-state index contributed by atoms with van der Waals surface area (Å²) in [6.45, 7) is 3.85. The van der Waals surface area contributed by atoms with Crippen LogP contribution in [0.1, 0.15) is 46.0 Å². The largest absolute Gasteiger partial charge is 0.450 e. The first-order valence-corrected chi connectivity index (χ1v) is 16.7. The van der Waals surface area contributed by atoms with Crippen molar-refractivity contribution < 1.29 is 23.9 Å². The lowest BCUT2D eigenvalue weighted by Crippen LogP contribution is -2.32. The van der Waals surface area contributed by atoms with Crippen molar-refractivity contribution in [2.75, 3.05) is 10.8 Å². The number of aryl methyl sites for hydroxylation is 1. The third-order valence-corrected chi connectivity index (χ3v) is 10.6. The number of Topliss-reactive ketones (excluding diaryl/α,β-unsaturated/α-hetero) is 1. The standard InChI is InChI=1S/C37H29Cl3N2O5/c1-18-15-22-16-26(18)32-31(22)35(44)42(36(32)45)24-9-5-20(6-10-24)29-17-27(25-11-12-28(40)19(2)33(25)41-29)37(46)47-30(13-14-38)34(43)21-3-7-23(39)8-4-21/h3-12,15,17,22,26,30-32H,13-14,16H2,1-2H3. The van der Waals surface area contributed by atoms with Crippen LogP contribution < -0.4 is 4.90 Å². The van der Waals surface area contributed by atoms with Gasteiger partial charge in [0, 0.05) is 38.9 Å². The van der Waals surface area contributed by atoms with Gasteiger partial charge in [-0.25, -0.2) is 9.78 Å². The van der Waals surface area contributed by atoms with E-state index >= 15 is 0 Å². The maximum absolute atomic E-state index is 13.8. The van der Waals surface area contributed by atoms with Gasteiger partial charge < -0.3 is 4.74 Å². The summed E-state index contributed by atoms with van der Waals surface area (Å²) in [5.41, 5.74) is 4.52. The van der Waals surface area contributed by atoms with Gasteiger partial charge in [-0.2, -0.15) is 0 Å². The highest BCUT2D eigenvalue weighted by atomic mass is 35.5. The van der Waals surface area contributed by atoms with Crippen molar-refractivity contribution >= 4 is 75.0 Å². The molecule has 1 aromatic heterocycles. The zero-order valence-electron chi connectivity index (χ0n) is 25.5. The number of esters is 1. The summed E-state index contributed by atoms with van der Waals surface area (Å²) in [6, 6.07) is 18.3. The molecule has 1 saturated heterocycles. The summed E-state index contributed by atoms with van der Waals surface area (Å²) in [4.78, 5) is 60.2. The lowest BCUT2D eigenvalue weighted by molar-refractivity contribution is -0.123. The number of nitrogens with zero attached hydrogens (tertiary/aromatic N) is 2. The highest BCUT2D eigenvalue weighted by molar-refractivity contribution is 6.32. The van der Waals surface area contributed by atoms with E-state index in [1.165, 1.54) is 10.5 Å². The molecular weight excluding hydrogens is 659 g/mol. The van der Waals surface area contributed by atoms with Gasteiger partial charge in [0.15, 0.2) is 6.10 Å². The van der Waals surface area contributed by atoms with Crippen molar-refractivity contribution in [3.63, 3.8) is 0 Å². The van der Waals surface area contributed by atoms with E-state index in [0.29, 0.717) is 49.0 Å². The second-order valence-corrected chi connectivity index (χ2v) is 13.6. The number of ketones is 1. The molecule has 0 N–H and O–H groups in total. The van der Waals surface area contributed by atoms with Gasteiger partial charge >= 0.3 is 5.97 Å². The first-order valence-electron chi connectivity index (χ1n) is 15.4. The van der Waals surface area contributed by atoms with Crippen molar-refractivity contribution in [2.24, 2.45) is 23.7 Å². The minimum absolute atomic E-state index is 0.0988. The van der Waals surface area contributed by atoms with E-state index in [1.807, 2.05) is 13.8 Å². The van der Waals surface area contributed by atoms with Gasteiger partial charge in [0.2, 0.25) is 17.6 Å². The number of ether oxygens (including phenoxy) is 1. The van der Waals surface area contributed by atoms with Crippen LogP contribution in [0.3, 0.4) is 0 Å². The molecule has 7 rings (SSSR count). The molecule has 2 aliphatic carbocycles. The summed E-state index contributed by atoms with van der Waals surface area (Å²) >= 11 is 18.5. The first-order chi connectivity index (χ1) is 22.6. The average molecular weight is 688 g/mol. The van der Waals surface area contributed by atoms with E-state index in [2.05, 4.69) is 6.08 Å². The van der Waals surface area contributed by atoms with Gasteiger partial charge in [0.1, 0.15) is 0 Å². The number of amides is 2. The zero-order valence-corrected chi connectivity index (χ0v) is 27.8. The van der Waals surface area contributed by atoms with Crippen LogP contribution in [0.5, 0.6) is 0 Å². The monoisotopic (exact) mass is 686 g/mol. The summed E-state index contributed by atoms with van der Waals surface area (Å²) in [6.07, 6.45) is 2.01. The van der Waals surface area contributed by atoms with Crippen LogP contribution >= 0.6 is 34.8 Å². The number of hydrogen-bond acceptors (Lipinski definition) is 6. The Bertz CT molecular complexity index is 2010. The van der Waals surface area contributed by atoms with Crippen LogP contribution in [0.15, 0.2) is 78.4 Å². The number of benzene rings is 3. The third kappa shape index (κ3) is 5.35. The Balaban J connectivity index is 1.21. The maximum atomic E-state index is 13.8. The topological polar surface area (TPSA) is 93.6 Å². The number of fused-ring (bicyclic) bond motifs is 6. The fourth-order valence-corrected chi connectivity index (χ4v) is 7.84. The van der Waals surface area contributed by atoms with Crippen molar-refractivity contribution in [1.29, 1.82) is 0 Å². The molecule has 3 aromatic carbocycles. The molecule has 2 fully saturated rings. The second kappa shape index (κ2) is 12.2. The fraction of sp³-hybridized carbons (Fsp3) is 0.270. The highest BCUT2D eigenvalue weighted by Crippen LogP contribution is 2.56. The number of carbonyl (C=O) groups is 4. The number of rotatable bonds is 8. The van der Waals surface area contributed by atoms with Gasteiger partial charge in [-0.15, -0.1) is 11.6 Å². The van der Waals surface area contributed by atoms with Crippen LogP contribution in [-0.4, -0.2) is 40.5 Å². The molecule has 0 spiro atoms. The SMILES string of the molecule is CC1=CC2CC1C1C(=O)N(c3ccc(-c4cc(C(=O)OC(CCCl)C(=O)c5ccc(Cl)cc5)c5ccc(Cl)c(C)c5n4)cc3)C(=O)C21. The molecule has 1 saturated carbocycles. The molecule has 4 aromatic rings. The number of alkyl halides is 1.